The van der Waals surface area contributed by atoms with Gasteiger partial charge in [0.25, 0.3) is 5.91 Å². The van der Waals surface area contributed by atoms with Crippen molar-refractivity contribution in [2.75, 3.05) is 13.1 Å². The number of rotatable bonds is 4. The number of benzene rings is 2. The Balaban J connectivity index is 1.31. The molecule has 1 saturated heterocycles. The summed E-state index contributed by atoms with van der Waals surface area (Å²) in [7, 11) is 0. The molecular formula is C23H26N2O2. The van der Waals surface area contributed by atoms with Crippen LogP contribution in [0.5, 0.6) is 0 Å². The van der Waals surface area contributed by atoms with Crippen LogP contribution in [-0.2, 0) is 24.2 Å². The van der Waals surface area contributed by atoms with Gasteiger partial charge in [0, 0.05) is 31.1 Å². The maximum atomic E-state index is 12.6. The van der Waals surface area contributed by atoms with Crippen molar-refractivity contribution in [2.24, 2.45) is 5.92 Å². The maximum absolute atomic E-state index is 12.6. The third-order valence-electron chi connectivity index (χ3n) is 5.78. The number of hydrogen-bond donors (Lipinski definition) is 1. The highest BCUT2D eigenvalue weighted by molar-refractivity contribution is 5.94. The lowest BCUT2D eigenvalue weighted by Crippen LogP contribution is -2.33. The summed E-state index contributed by atoms with van der Waals surface area (Å²) in [6.45, 7) is 2.23. The van der Waals surface area contributed by atoms with Gasteiger partial charge in [0.15, 0.2) is 0 Å². The predicted molar refractivity (Wildman–Crippen MR) is 105 cm³/mol. The SMILES string of the molecule is O=C(NCc1ccc(C(=O)N2CCCC2)cc1)C1CCc2ccccc2C1. The van der Waals surface area contributed by atoms with E-state index in [4.69, 9.17) is 0 Å². The molecule has 0 bridgehead atoms. The molecule has 2 amide bonds. The summed E-state index contributed by atoms with van der Waals surface area (Å²) in [5.74, 6) is 0.293. The molecule has 1 N–H and O–H groups in total. The van der Waals surface area contributed by atoms with Gasteiger partial charge in [-0.05, 0) is 60.9 Å². The number of carbonyl (C=O) groups is 2. The standard InChI is InChI=1S/C23H26N2O2/c26-22(21-12-11-18-5-1-2-6-20(18)15-21)24-16-17-7-9-19(10-8-17)23(27)25-13-3-4-14-25/h1-2,5-10,21H,3-4,11-16H2,(H,24,26). The molecule has 1 fully saturated rings. The number of fused-ring (bicyclic) bond motifs is 1. The van der Waals surface area contributed by atoms with Crippen LogP contribution in [0.15, 0.2) is 48.5 Å². The summed E-state index contributed by atoms with van der Waals surface area (Å²) in [6.07, 6.45) is 4.90. The number of hydrogen-bond acceptors (Lipinski definition) is 2. The van der Waals surface area contributed by atoms with E-state index in [0.717, 1.165) is 56.3 Å². The van der Waals surface area contributed by atoms with E-state index in [1.807, 2.05) is 35.2 Å². The van der Waals surface area contributed by atoms with Crippen LogP contribution in [0.25, 0.3) is 0 Å². The monoisotopic (exact) mass is 362 g/mol. The smallest absolute Gasteiger partial charge is 0.253 e. The maximum Gasteiger partial charge on any atom is 0.253 e. The van der Waals surface area contributed by atoms with Gasteiger partial charge in [-0.3, -0.25) is 9.59 Å². The zero-order valence-corrected chi connectivity index (χ0v) is 15.6. The molecule has 1 unspecified atom stereocenters. The van der Waals surface area contributed by atoms with E-state index < -0.39 is 0 Å². The Morgan fingerprint density at radius 2 is 1.67 bits per heavy atom. The first-order valence-electron chi connectivity index (χ1n) is 9.93. The minimum Gasteiger partial charge on any atom is -0.352 e. The number of nitrogens with zero attached hydrogens (tertiary/aromatic N) is 1. The van der Waals surface area contributed by atoms with Gasteiger partial charge < -0.3 is 10.2 Å². The van der Waals surface area contributed by atoms with Gasteiger partial charge in [0.1, 0.15) is 0 Å². The molecule has 0 spiro atoms. The molecule has 4 heteroatoms. The van der Waals surface area contributed by atoms with E-state index in [2.05, 4.69) is 23.5 Å². The second kappa shape index (κ2) is 7.95. The van der Waals surface area contributed by atoms with Crippen LogP contribution in [0.3, 0.4) is 0 Å². The zero-order chi connectivity index (χ0) is 18.6. The Bertz CT molecular complexity index is 823. The van der Waals surface area contributed by atoms with Gasteiger partial charge in [-0.15, -0.1) is 0 Å². The van der Waals surface area contributed by atoms with Crippen LogP contribution >= 0.6 is 0 Å². The van der Waals surface area contributed by atoms with Gasteiger partial charge in [-0.25, -0.2) is 0 Å². The number of amides is 2. The molecule has 27 heavy (non-hydrogen) atoms. The molecule has 4 rings (SSSR count). The first-order chi connectivity index (χ1) is 13.2. The molecule has 0 saturated carbocycles. The topological polar surface area (TPSA) is 49.4 Å². The second-order valence-corrected chi connectivity index (χ2v) is 7.62. The van der Waals surface area contributed by atoms with Crippen LogP contribution in [0.2, 0.25) is 0 Å². The summed E-state index contributed by atoms with van der Waals surface area (Å²) in [4.78, 5) is 26.9. The van der Waals surface area contributed by atoms with Crippen molar-refractivity contribution in [2.45, 2.75) is 38.6 Å². The van der Waals surface area contributed by atoms with Gasteiger partial charge >= 0.3 is 0 Å². The molecule has 0 aromatic heterocycles. The molecule has 1 heterocycles. The summed E-state index contributed by atoms with van der Waals surface area (Å²) in [6, 6.07) is 16.0. The number of carbonyl (C=O) groups excluding carboxylic acids is 2. The lowest BCUT2D eigenvalue weighted by atomic mass is 9.83. The fourth-order valence-corrected chi connectivity index (χ4v) is 4.12. The average molecular weight is 362 g/mol. The molecule has 1 aliphatic carbocycles. The van der Waals surface area contributed by atoms with E-state index in [9.17, 15) is 9.59 Å². The van der Waals surface area contributed by atoms with Crippen molar-refractivity contribution in [1.29, 1.82) is 0 Å². The molecule has 1 aliphatic heterocycles. The molecular weight excluding hydrogens is 336 g/mol. The van der Waals surface area contributed by atoms with E-state index in [-0.39, 0.29) is 17.7 Å². The Morgan fingerprint density at radius 3 is 2.41 bits per heavy atom. The third-order valence-corrected chi connectivity index (χ3v) is 5.78. The molecule has 2 aliphatic rings. The van der Waals surface area contributed by atoms with Crippen LogP contribution in [0, 0.1) is 5.92 Å². The lowest BCUT2D eigenvalue weighted by Gasteiger charge is -2.23. The van der Waals surface area contributed by atoms with E-state index >= 15 is 0 Å². The number of nitrogens with one attached hydrogen (secondary N) is 1. The molecule has 2 aromatic carbocycles. The van der Waals surface area contributed by atoms with Crippen molar-refractivity contribution in [3.05, 3.63) is 70.8 Å². The van der Waals surface area contributed by atoms with Crippen molar-refractivity contribution in [3.63, 3.8) is 0 Å². The lowest BCUT2D eigenvalue weighted by molar-refractivity contribution is -0.125. The van der Waals surface area contributed by atoms with Gasteiger partial charge in [0.05, 0.1) is 0 Å². The average Bonchev–Trinajstić information content (AvgIpc) is 3.26. The zero-order valence-electron chi connectivity index (χ0n) is 15.6. The summed E-state index contributed by atoms with van der Waals surface area (Å²) >= 11 is 0. The first-order valence-corrected chi connectivity index (χ1v) is 9.93. The second-order valence-electron chi connectivity index (χ2n) is 7.62. The van der Waals surface area contributed by atoms with Crippen LogP contribution < -0.4 is 5.32 Å². The minimum absolute atomic E-state index is 0.0518. The van der Waals surface area contributed by atoms with Crippen LogP contribution in [-0.4, -0.2) is 29.8 Å². The Hall–Kier alpha value is -2.62. The van der Waals surface area contributed by atoms with Crippen molar-refractivity contribution < 1.29 is 9.59 Å². The minimum atomic E-state index is 0.0518. The Morgan fingerprint density at radius 1 is 0.963 bits per heavy atom. The van der Waals surface area contributed by atoms with E-state index in [1.165, 1.54) is 11.1 Å². The van der Waals surface area contributed by atoms with Gasteiger partial charge in [-0.2, -0.15) is 0 Å². The summed E-state index contributed by atoms with van der Waals surface area (Å²) < 4.78 is 0. The quantitative estimate of drug-likeness (QED) is 0.907. The number of aryl methyl sites for hydroxylation is 1. The first kappa shape index (κ1) is 17.8. The highest BCUT2D eigenvalue weighted by atomic mass is 16.2. The highest BCUT2D eigenvalue weighted by Crippen LogP contribution is 2.25. The van der Waals surface area contributed by atoms with E-state index in [1.54, 1.807) is 0 Å². The van der Waals surface area contributed by atoms with Gasteiger partial charge in [0.2, 0.25) is 5.91 Å². The van der Waals surface area contributed by atoms with Crippen LogP contribution in [0.1, 0.15) is 46.3 Å². The van der Waals surface area contributed by atoms with Gasteiger partial charge in [-0.1, -0.05) is 36.4 Å². The molecule has 0 radical (unpaired) electrons. The third kappa shape index (κ3) is 4.05. The van der Waals surface area contributed by atoms with Crippen LogP contribution in [0.4, 0.5) is 0 Å². The number of likely N-dealkylation sites (tertiary alicyclic amines) is 1. The normalized spacial score (nSPS) is 18.8. The highest BCUT2D eigenvalue weighted by Gasteiger charge is 2.24. The van der Waals surface area contributed by atoms with Crippen molar-refractivity contribution in [1.82, 2.24) is 10.2 Å². The molecule has 2 aromatic rings. The fourth-order valence-electron chi connectivity index (χ4n) is 4.12. The Labute approximate surface area is 160 Å². The summed E-state index contributed by atoms with van der Waals surface area (Å²) in [5.41, 5.74) is 4.43. The summed E-state index contributed by atoms with van der Waals surface area (Å²) in [5, 5.41) is 3.07. The molecule has 4 nitrogen and oxygen atoms in total. The largest absolute Gasteiger partial charge is 0.352 e. The molecule has 1 atom stereocenters. The van der Waals surface area contributed by atoms with E-state index in [0.29, 0.717) is 6.54 Å². The van der Waals surface area contributed by atoms with Crippen molar-refractivity contribution >= 4 is 11.8 Å². The fraction of sp³-hybridized carbons (Fsp3) is 0.391. The predicted octanol–water partition coefficient (Wildman–Crippen LogP) is 3.34. The molecule has 140 valence electrons. The Kier molecular flexibility index (Phi) is 5.23. The van der Waals surface area contributed by atoms with Crippen molar-refractivity contribution in [3.8, 4) is 0 Å².